The molecule has 0 aliphatic heterocycles. The van der Waals surface area contributed by atoms with Crippen LogP contribution in [0.5, 0.6) is 0 Å². The van der Waals surface area contributed by atoms with Gasteiger partial charge in [0, 0.05) is 6.42 Å². The second-order valence-electron chi connectivity index (χ2n) is 20.3. The lowest BCUT2D eigenvalue weighted by atomic mass is 10.0. The number of phosphoric acid groups is 1. The molecular formula is C63H110N2O6P+. The number of aliphatic hydroxyl groups excluding tert-OH is 1. The van der Waals surface area contributed by atoms with Gasteiger partial charge in [-0.2, -0.15) is 0 Å². The van der Waals surface area contributed by atoms with Crippen LogP contribution in [0.3, 0.4) is 0 Å². The molecule has 0 aromatic heterocycles. The van der Waals surface area contributed by atoms with E-state index in [-0.39, 0.29) is 19.1 Å². The molecular weight excluding hydrogens is 912 g/mol. The van der Waals surface area contributed by atoms with Crippen LogP contribution in [-0.4, -0.2) is 73.4 Å². The van der Waals surface area contributed by atoms with Gasteiger partial charge in [-0.25, -0.2) is 4.57 Å². The van der Waals surface area contributed by atoms with Crippen molar-refractivity contribution in [2.75, 3.05) is 40.9 Å². The summed E-state index contributed by atoms with van der Waals surface area (Å²) < 4.78 is 23.7. The molecule has 0 aromatic carbocycles. The normalized spacial score (nSPS) is 14.8. The van der Waals surface area contributed by atoms with Gasteiger partial charge in [0.05, 0.1) is 39.9 Å². The van der Waals surface area contributed by atoms with Crippen molar-refractivity contribution in [3.05, 3.63) is 122 Å². The number of rotatable bonds is 51. The number of unbranched alkanes of at least 4 members (excludes halogenated alkanes) is 20. The third-order valence-electron chi connectivity index (χ3n) is 12.2. The van der Waals surface area contributed by atoms with Gasteiger partial charge in [-0.1, -0.05) is 245 Å². The van der Waals surface area contributed by atoms with E-state index in [0.29, 0.717) is 17.4 Å². The van der Waals surface area contributed by atoms with Crippen molar-refractivity contribution < 1.29 is 32.9 Å². The third-order valence-corrected chi connectivity index (χ3v) is 13.2. The zero-order chi connectivity index (χ0) is 52.7. The number of carbonyl (C=O) groups excluding carboxylic acids is 1. The number of hydrogen-bond donors (Lipinski definition) is 3. The average Bonchev–Trinajstić information content (AvgIpc) is 3.34. The topological polar surface area (TPSA) is 105 Å². The van der Waals surface area contributed by atoms with Crippen molar-refractivity contribution in [2.45, 2.75) is 231 Å². The monoisotopic (exact) mass is 1020 g/mol. The number of phosphoric ester groups is 1. The van der Waals surface area contributed by atoms with Crippen LogP contribution < -0.4 is 5.32 Å². The highest BCUT2D eigenvalue weighted by molar-refractivity contribution is 7.47. The molecule has 0 aromatic rings. The lowest BCUT2D eigenvalue weighted by molar-refractivity contribution is -0.870. The number of hydrogen-bond acceptors (Lipinski definition) is 5. The van der Waals surface area contributed by atoms with Crippen LogP contribution in [0.25, 0.3) is 0 Å². The van der Waals surface area contributed by atoms with Crippen molar-refractivity contribution in [3.8, 4) is 0 Å². The third kappa shape index (κ3) is 54.7. The fourth-order valence-electron chi connectivity index (χ4n) is 7.68. The number of nitrogens with zero attached hydrogens (tertiary/aromatic N) is 1. The average molecular weight is 1020 g/mol. The van der Waals surface area contributed by atoms with E-state index >= 15 is 0 Å². The number of likely N-dealkylation sites (N-methyl/N-ethyl adjacent to an activating group) is 1. The van der Waals surface area contributed by atoms with Gasteiger partial charge >= 0.3 is 7.82 Å². The highest BCUT2D eigenvalue weighted by atomic mass is 31.2. The quantitative estimate of drug-likeness (QED) is 0.0243. The van der Waals surface area contributed by atoms with E-state index in [4.69, 9.17) is 9.05 Å². The Kier molecular flexibility index (Phi) is 50.5. The number of amides is 1. The predicted octanol–water partition coefficient (Wildman–Crippen LogP) is 17.8. The molecule has 0 fully saturated rings. The molecule has 0 saturated carbocycles. The van der Waals surface area contributed by atoms with E-state index in [1.54, 1.807) is 6.08 Å². The van der Waals surface area contributed by atoms with Gasteiger partial charge in [-0.3, -0.25) is 13.8 Å². The summed E-state index contributed by atoms with van der Waals surface area (Å²) >= 11 is 0. The molecule has 0 radical (unpaired) electrons. The minimum absolute atomic E-state index is 0.0531. The molecule has 3 unspecified atom stereocenters. The Hall–Kier alpha value is -3.10. The van der Waals surface area contributed by atoms with Crippen molar-refractivity contribution in [2.24, 2.45) is 0 Å². The molecule has 0 heterocycles. The Balaban J connectivity index is 4.21. The van der Waals surface area contributed by atoms with Crippen LogP contribution in [0.1, 0.15) is 219 Å². The van der Waals surface area contributed by atoms with E-state index in [2.05, 4.69) is 129 Å². The van der Waals surface area contributed by atoms with Crippen LogP contribution >= 0.6 is 7.82 Å². The Morgan fingerprint density at radius 3 is 1.22 bits per heavy atom. The first-order valence-corrected chi connectivity index (χ1v) is 30.4. The number of nitrogens with one attached hydrogen (secondary N) is 1. The maximum absolute atomic E-state index is 13.0. The molecule has 8 nitrogen and oxygen atoms in total. The molecule has 0 rings (SSSR count). The number of allylic oxidation sites excluding steroid dienone is 19. The van der Waals surface area contributed by atoms with E-state index in [9.17, 15) is 19.4 Å². The molecule has 72 heavy (non-hydrogen) atoms. The van der Waals surface area contributed by atoms with Gasteiger partial charge in [0.15, 0.2) is 0 Å². The molecule has 0 aliphatic rings. The van der Waals surface area contributed by atoms with E-state index in [1.807, 2.05) is 27.2 Å². The standard InChI is InChI=1S/C63H109N2O6P/c1-6-8-10-12-14-16-18-20-22-23-24-25-26-27-28-29-30-31-32-33-34-35-36-37-38-39-40-41-43-45-47-49-51-53-55-57-63(67)64-61(60-71-72(68,69)70-59-58-65(3,4)5)62(66)56-54-52-50-48-46-44-42-21-19-17-15-13-11-9-7-2/h8,10,14,16,20,22,24-25,27-28,30-31,33-34,36-37,39-40,54,56,61-62,66H,6-7,9,11-13,15,17-19,21,23,26,29,32,35,38,41-53,55,57-60H2,1-5H3,(H-,64,67,68,69)/p+1/b10-8-,16-14-,22-20-,25-24-,28-27-,31-30-,34-33-,37-36-,40-39-,56-54+. The summed E-state index contributed by atoms with van der Waals surface area (Å²) in [6, 6.07) is -0.861. The first kappa shape index (κ1) is 68.9. The highest BCUT2D eigenvalue weighted by Crippen LogP contribution is 2.43. The molecule has 0 spiro atoms. The second kappa shape index (κ2) is 52.8. The van der Waals surface area contributed by atoms with Crippen LogP contribution in [0.4, 0.5) is 0 Å². The van der Waals surface area contributed by atoms with Gasteiger partial charge in [-0.05, 0) is 89.9 Å². The van der Waals surface area contributed by atoms with Gasteiger partial charge in [0.25, 0.3) is 0 Å². The summed E-state index contributed by atoms with van der Waals surface area (Å²) in [6.07, 6.45) is 78.6. The summed E-state index contributed by atoms with van der Waals surface area (Å²) in [5.74, 6) is -0.193. The number of carbonyl (C=O) groups is 1. The Labute approximate surface area is 444 Å². The SMILES string of the molecule is CC/C=C\C/C=C\C/C=C\C/C=C\C/C=C\C/C=C\C/C=C\C/C=C\C/C=C\CCCCCCCCCC(=O)NC(COP(=O)(O)OCC[N+](C)(C)C)C(O)/C=C/CCCCCCCCCCCCCCC. The Morgan fingerprint density at radius 2 is 0.833 bits per heavy atom. The van der Waals surface area contributed by atoms with Crippen LogP contribution in [0.2, 0.25) is 0 Å². The largest absolute Gasteiger partial charge is 0.472 e. The second-order valence-corrected chi connectivity index (χ2v) is 21.7. The minimum Gasteiger partial charge on any atom is -0.387 e. The van der Waals surface area contributed by atoms with E-state index < -0.39 is 20.0 Å². The fourth-order valence-corrected chi connectivity index (χ4v) is 8.42. The predicted molar refractivity (Wildman–Crippen MR) is 313 cm³/mol. The lowest BCUT2D eigenvalue weighted by Crippen LogP contribution is -2.45. The molecule has 9 heteroatoms. The zero-order valence-electron chi connectivity index (χ0n) is 46.9. The molecule has 3 N–H and O–H groups in total. The van der Waals surface area contributed by atoms with Gasteiger partial charge < -0.3 is 19.8 Å². The van der Waals surface area contributed by atoms with Crippen LogP contribution in [0, 0.1) is 0 Å². The number of quaternary nitrogens is 1. The van der Waals surface area contributed by atoms with Gasteiger partial charge in [-0.15, -0.1) is 0 Å². The Bertz CT molecular complexity index is 1580. The lowest BCUT2D eigenvalue weighted by Gasteiger charge is -2.25. The summed E-state index contributed by atoms with van der Waals surface area (Å²) in [7, 11) is 1.55. The van der Waals surface area contributed by atoms with Crippen molar-refractivity contribution in [1.82, 2.24) is 5.32 Å². The van der Waals surface area contributed by atoms with Gasteiger partial charge in [0.2, 0.25) is 5.91 Å². The van der Waals surface area contributed by atoms with Gasteiger partial charge in [0.1, 0.15) is 13.2 Å². The maximum Gasteiger partial charge on any atom is 0.472 e. The van der Waals surface area contributed by atoms with Crippen molar-refractivity contribution in [1.29, 1.82) is 0 Å². The molecule has 3 atom stereocenters. The number of aliphatic hydroxyl groups is 1. The molecule has 1 amide bonds. The summed E-state index contributed by atoms with van der Waals surface area (Å²) in [5.41, 5.74) is 0. The van der Waals surface area contributed by atoms with Crippen molar-refractivity contribution >= 4 is 13.7 Å². The summed E-state index contributed by atoms with van der Waals surface area (Å²) in [5, 5.41) is 13.9. The zero-order valence-corrected chi connectivity index (χ0v) is 47.8. The van der Waals surface area contributed by atoms with Crippen LogP contribution in [-0.2, 0) is 18.4 Å². The summed E-state index contributed by atoms with van der Waals surface area (Å²) in [4.78, 5) is 23.3. The highest BCUT2D eigenvalue weighted by Gasteiger charge is 2.27. The smallest absolute Gasteiger partial charge is 0.387 e. The van der Waals surface area contributed by atoms with Crippen molar-refractivity contribution in [3.63, 3.8) is 0 Å². The van der Waals surface area contributed by atoms with E-state index in [0.717, 1.165) is 109 Å². The molecule has 0 bridgehead atoms. The molecule has 0 aliphatic carbocycles. The first-order chi connectivity index (χ1) is 35.0. The molecule has 0 saturated heterocycles. The first-order valence-electron chi connectivity index (χ1n) is 28.9. The fraction of sp³-hybridized carbons (Fsp3) is 0.667. The molecule has 412 valence electrons. The summed E-state index contributed by atoms with van der Waals surface area (Å²) in [6.45, 7) is 4.68. The Morgan fingerprint density at radius 1 is 0.486 bits per heavy atom. The van der Waals surface area contributed by atoms with E-state index in [1.165, 1.54) is 89.9 Å². The maximum atomic E-state index is 13.0. The minimum atomic E-state index is -4.36. The van der Waals surface area contributed by atoms with Crippen LogP contribution in [0.15, 0.2) is 122 Å².